The van der Waals surface area contributed by atoms with Gasteiger partial charge in [0.1, 0.15) is 0 Å². The number of thiazole rings is 1. The van der Waals surface area contributed by atoms with E-state index in [9.17, 15) is 0 Å². The average Bonchev–Trinajstić information content (AvgIpc) is 2.58. The summed E-state index contributed by atoms with van der Waals surface area (Å²) in [7, 11) is 0. The summed E-state index contributed by atoms with van der Waals surface area (Å²) in [6, 6.07) is 0. The first kappa shape index (κ1) is 11.4. The zero-order valence-corrected chi connectivity index (χ0v) is 10.6. The van der Waals surface area contributed by atoms with Gasteiger partial charge in [-0.3, -0.25) is 4.99 Å². The molecule has 1 unspecified atom stereocenters. The number of hydrogen-bond acceptors (Lipinski definition) is 3. The number of nitrogens with two attached hydrogens (primary N) is 1. The molecule has 0 saturated carbocycles. The van der Waals surface area contributed by atoms with Gasteiger partial charge in [-0.05, 0) is 13.3 Å². The quantitative estimate of drug-likeness (QED) is 0.642. The van der Waals surface area contributed by atoms with Gasteiger partial charge < -0.3 is 10.6 Å². The molecule has 0 radical (unpaired) electrons. The molecule has 0 aliphatic carbocycles. The molecule has 0 spiro atoms. The highest BCUT2D eigenvalue weighted by molar-refractivity contribution is 7.09. The van der Waals surface area contributed by atoms with Crippen molar-refractivity contribution in [1.29, 1.82) is 0 Å². The van der Waals surface area contributed by atoms with Crippen molar-refractivity contribution in [3.63, 3.8) is 0 Å². The van der Waals surface area contributed by atoms with Crippen LogP contribution in [0.25, 0.3) is 0 Å². The van der Waals surface area contributed by atoms with Gasteiger partial charge in [0, 0.05) is 30.1 Å². The van der Waals surface area contributed by atoms with E-state index in [1.54, 1.807) is 11.3 Å². The molecule has 2 N–H and O–H groups in total. The van der Waals surface area contributed by atoms with Crippen LogP contribution in [0.15, 0.2) is 10.4 Å². The molecule has 2 rings (SSSR count). The Morgan fingerprint density at radius 1 is 1.69 bits per heavy atom. The maximum Gasteiger partial charge on any atom is 0.191 e. The summed E-state index contributed by atoms with van der Waals surface area (Å²) in [5, 5.41) is 3.23. The van der Waals surface area contributed by atoms with Crippen molar-refractivity contribution in [1.82, 2.24) is 9.88 Å². The second-order valence-corrected chi connectivity index (χ2v) is 5.16. The predicted molar refractivity (Wildman–Crippen MR) is 67.9 cm³/mol. The van der Waals surface area contributed by atoms with Crippen LogP contribution < -0.4 is 5.73 Å². The summed E-state index contributed by atoms with van der Waals surface area (Å²) < 4.78 is 0. The summed E-state index contributed by atoms with van der Waals surface area (Å²) in [6.07, 6.45) is 1.23. The van der Waals surface area contributed by atoms with E-state index in [2.05, 4.69) is 27.2 Å². The summed E-state index contributed by atoms with van der Waals surface area (Å²) in [5.74, 6) is 1.05. The lowest BCUT2D eigenvalue weighted by molar-refractivity contribution is 0.295. The highest BCUT2D eigenvalue weighted by atomic mass is 32.1. The van der Waals surface area contributed by atoms with Gasteiger partial charge in [-0.15, -0.1) is 11.3 Å². The molecule has 0 amide bonds. The molecule has 5 heteroatoms. The lowest BCUT2D eigenvalue weighted by Crippen LogP contribution is -2.46. The van der Waals surface area contributed by atoms with E-state index >= 15 is 0 Å². The molecule has 16 heavy (non-hydrogen) atoms. The van der Waals surface area contributed by atoms with Gasteiger partial charge in [-0.1, -0.05) is 6.92 Å². The second kappa shape index (κ2) is 4.82. The van der Waals surface area contributed by atoms with Gasteiger partial charge in [0.2, 0.25) is 0 Å². The highest BCUT2D eigenvalue weighted by Gasteiger charge is 2.16. The van der Waals surface area contributed by atoms with E-state index in [0.717, 1.165) is 30.3 Å². The summed E-state index contributed by atoms with van der Waals surface area (Å²) >= 11 is 1.70. The number of aliphatic imine (C=N–C) groups is 1. The molecule has 1 aliphatic rings. The molecular weight excluding hydrogens is 220 g/mol. The minimum atomic E-state index is 0.360. The molecular formula is C11H18N4S. The number of hydrogen-bond donors (Lipinski definition) is 1. The molecule has 1 aliphatic heterocycles. The molecule has 1 fully saturated rings. The average molecular weight is 238 g/mol. The van der Waals surface area contributed by atoms with E-state index in [4.69, 9.17) is 5.73 Å². The predicted octanol–water partition coefficient (Wildman–Crippen LogP) is 1.58. The first-order valence-electron chi connectivity index (χ1n) is 5.63. The summed E-state index contributed by atoms with van der Waals surface area (Å²) in [4.78, 5) is 11.0. The van der Waals surface area contributed by atoms with E-state index in [0.29, 0.717) is 11.9 Å². The Morgan fingerprint density at radius 2 is 2.44 bits per heavy atom. The fourth-order valence-corrected chi connectivity index (χ4v) is 2.40. The first-order valence-corrected chi connectivity index (χ1v) is 6.51. The van der Waals surface area contributed by atoms with Gasteiger partial charge in [-0.2, -0.15) is 0 Å². The van der Waals surface area contributed by atoms with Crippen molar-refractivity contribution < 1.29 is 0 Å². The maximum atomic E-state index is 5.87. The van der Waals surface area contributed by atoms with Crippen molar-refractivity contribution in [2.24, 2.45) is 10.7 Å². The van der Waals surface area contributed by atoms with Gasteiger partial charge >= 0.3 is 0 Å². The molecule has 1 atom stereocenters. The number of aromatic nitrogens is 1. The SMILES string of the molecule is Cc1csc(C(C)CN=C(N)N2CCC2)n1. The van der Waals surface area contributed by atoms with Crippen LogP contribution in [0.2, 0.25) is 0 Å². The van der Waals surface area contributed by atoms with Crippen molar-refractivity contribution in [2.45, 2.75) is 26.2 Å². The fraction of sp³-hybridized carbons (Fsp3) is 0.636. The third-order valence-corrected chi connectivity index (χ3v) is 3.96. The number of aryl methyl sites for hydroxylation is 1. The molecule has 1 aromatic heterocycles. The maximum absolute atomic E-state index is 5.87. The van der Waals surface area contributed by atoms with E-state index in [1.807, 2.05) is 6.92 Å². The largest absolute Gasteiger partial charge is 0.370 e. The van der Waals surface area contributed by atoms with Gasteiger partial charge in [-0.25, -0.2) is 4.98 Å². The Morgan fingerprint density at radius 3 is 2.94 bits per heavy atom. The van der Waals surface area contributed by atoms with Crippen LogP contribution >= 0.6 is 11.3 Å². The first-order chi connectivity index (χ1) is 7.66. The Kier molecular flexibility index (Phi) is 3.43. The normalized spacial score (nSPS) is 18.4. The van der Waals surface area contributed by atoms with Gasteiger partial charge in [0.15, 0.2) is 5.96 Å². The van der Waals surface area contributed by atoms with Crippen molar-refractivity contribution >= 4 is 17.3 Å². The van der Waals surface area contributed by atoms with E-state index < -0.39 is 0 Å². The lowest BCUT2D eigenvalue weighted by atomic mass is 10.2. The van der Waals surface area contributed by atoms with Crippen LogP contribution in [0.4, 0.5) is 0 Å². The van der Waals surface area contributed by atoms with E-state index in [1.165, 1.54) is 6.42 Å². The van der Waals surface area contributed by atoms with Crippen LogP contribution in [0.3, 0.4) is 0 Å². The highest BCUT2D eigenvalue weighted by Crippen LogP contribution is 2.20. The Labute approximate surface area is 100 Å². The second-order valence-electron chi connectivity index (χ2n) is 4.27. The molecule has 0 aromatic carbocycles. The van der Waals surface area contributed by atoms with Crippen LogP contribution in [0.5, 0.6) is 0 Å². The Bertz CT molecular complexity index is 381. The minimum Gasteiger partial charge on any atom is -0.370 e. The third kappa shape index (κ3) is 2.52. The fourth-order valence-electron chi connectivity index (χ4n) is 1.55. The number of nitrogens with zero attached hydrogens (tertiary/aromatic N) is 3. The molecule has 88 valence electrons. The van der Waals surface area contributed by atoms with Crippen molar-refractivity contribution in [3.05, 3.63) is 16.1 Å². The van der Waals surface area contributed by atoms with Gasteiger partial charge in [0.05, 0.1) is 11.6 Å². The van der Waals surface area contributed by atoms with Crippen LogP contribution in [0, 0.1) is 6.92 Å². The molecule has 2 heterocycles. The Hall–Kier alpha value is -1.10. The zero-order valence-electron chi connectivity index (χ0n) is 9.81. The molecule has 4 nitrogen and oxygen atoms in total. The Balaban J connectivity index is 1.89. The molecule has 1 aromatic rings. The molecule has 1 saturated heterocycles. The summed E-state index contributed by atoms with van der Waals surface area (Å²) in [5.41, 5.74) is 6.96. The van der Waals surface area contributed by atoms with Crippen molar-refractivity contribution in [3.8, 4) is 0 Å². The number of rotatable bonds is 3. The number of likely N-dealkylation sites (tertiary alicyclic amines) is 1. The number of guanidine groups is 1. The lowest BCUT2D eigenvalue weighted by Gasteiger charge is -2.31. The van der Waals surface area contributed by atoms with Crippen molar-refractivity contribution in [2.75, 3.05) is 19.6 Å². The third-order valence-electron chi connectivity index (χ3n) is 2.77. The minimum absolute atomic E-state index is 0.360. The van der Waals surface area contributed by atoms with E-state index in [-0.39, 0.29) is 0 Å². The summed E-state index contributed by atoms with van der Waals surface area (Å²) in [6.45, 7) is 7.00. The smallest absolute Gasteiger partial charge is 0.191 e. The van der Waals surface area contributed by atoms with Crippen LogP contribution in [-0.2, 0) is 0 Å². The van der Waals surface area contributed by atoms with Crippen LogP contribution in [-0.4, -0.2) is 35.5 Å². The topological polar surface area (TPSA) is 54.5 Å². The standard InChI is InChI=1S/C11H18N4S/c1-8(10-14-9(2)7-16-10)6-13-11(12)15-4-3-5-15/h7-8H,3-6H2,1-2H3,(H2,12,13). The monoisotopic (exact) mass is 238 g/mol. The zero-order chi connectivity index (χ0) is 11.5. The van der Waals surface area contributed by atoms with Crippen LogP contribution in [0.1, 0.15) is 30.0 Å². The molecule has 0 bridgehead atoms. The van der Waals surface area contributed by atoms with Gasteiger partial charge in [0.25, 0.3) is 0 Å².